The number of carbonyl (C=O) groups excluding carboxylic acids is 2. The molecule has 0 amide bonds. The Hall–Kier alpha value is -1.32. The minimum atomic E-state index is -0.217. The van der Waals surface area contributed by atoms with Crippen molar-refractivity contribution in [3.05, 3.63) is 12.2 Å². The van der Waals surface area contributed by atoms with E-state index in [0.717, 1.165) is 38.5 Å². The van der Waals surface area contributed by atoms with Crippen LogP contribution in [0.25, 0.3) is 0 Å². The molecule has 4 unspecified atom stereocenters. The van der Waals surface area contributed by atoms with E-state index in [1.165, 1.54) is 0 Å². The van der Waals surface area contributed by atoms with Crippen LogP contribution in [0.4, 0.5) is 0 Å². The van der Waals surface area contributed by atoms with E-state index in [4.69, 9.17) is 9.47 Å². The van der Waals surface area contributed by atoms with Crippen LogP contribution in [-0.2, 0) is 19.1 Å². The zero-order valence-corrected chi connectivity index (χ0v) is 10.3. The number of hydrogen-bond acceptors (Lipinski definition) is 4. The van der Waals surface area contributed by atoms with Gasteiger partial charge in [-0.3, -0.25) is 9.59 Å². The van der Waals surface area contributed by atoms with Crippen molar-refractivity contribution in [3.8, 4) is 0 Å². The Labute approximate surface area is 106 Å². The third-order valence-corrected chi connectivity index (χ3v) is 4.20. The summed E-state index contributed by atoms with van der Waals surface area (Å²) in [6.07, 6.45) is 8.61. The molecule has 1 saturated carbocycles. The molecule has 2 bridgehead atoms. The number of carbonyl (C=O) groups is 2. The van der Waals surface area contributed by atoms with Crippen LogP contribution in [-0.4, -0.2) is 24.1 Å². The zero-order valence-electron chi connectivity index (χ0n) is 10.3. The van der Waals surface area contributed by atoms with Crippen molar-refractivity contribution in [1.82, 2.24) is 0 Å². The summed E-state index contributed by atoms with van der Waals surface area (Å²) >= 11 is 0. The Bertz CT molecular complexity index is 387. The molecule has 3 rings (SSSR count). The largest absolute Gasteiger partial charge is 0.458 e. The van der Waals surface area contributed by atoms with Crippen LogP contribution < -0.4 is 0 Å². The van der Waals surface area contributed by atoms with Crippen molar-refractivity contribution >= 4 is 11.9 Å². The lowest BCUT2D eigenvalue weighted by atomic mass is 9.88. The van der Waals surface area contributed by atoms with Gasteiger partial charge in [0.25, 0.3) is 0 Å². The molecule has 2 fully saturated rings. The number of hydrogen-bond donors (Lipinski definition) is 0. The number of ether oxygens (including phenoxy) is 2. The maximum atomic E-state index is 12.0. The molecule has 0 aromatic heterocycles. The van der Waals surface area contributed by atoms with E-state index in [0.29, 0.717) is 0 Å². The monoisotopic (exact) mass is 250 g/mol. The molecule has 4 nitrogen and oxygen atoms in total. The second-order valence-electron chi connectivity index (χ2n) is 5.44. The predicted octanol–water partition coefficient (Wildman–Crippen LogP) is 1.98. The summed E-state index contributed by atoms with van der Waals surface area (Å²) in [6, 6.07) is 0. The molecule has 18 heavy (non-hydrogen) atoms. The van der Waals surface area contributed by atoms with Gasteiger partial charge in [0.1, 0.15) is 12.2 Å². The molecule has 0 N–H and O–H groups in total. The second-order valence-corrected chi connectivity index (χ2v) is 5.44. The summed E-state index contributed by atoms with van der Waals surface area (Å²) in [6.45, 7) is 0. The van der Waals surface area contributed by atoms with Crippen LogP contribution in [0.3, 0.4) is 0 Å². The van der Waals surface area contributed by atoms with Crippen molar-refractivity contribution < 1.29 is 19.1 Å². The number of esters is 2. The SMILES string of the molecule is O=C(OC1CCC2CC1OC2=O)C1CC=CCC1. The van der Waals surface area contributed by atoms with Gasteiger partial charge in [-0.05, 0) is 32.1 Å². The van der Waals surface area contributed by atoms with Crippen molar-refractivity contribution in [2.45, 2.75) is 50.7 Å². The van der Waals surface area contributed by atoms with Gasteiger partial charge < -0.3 is 9.47 Å². The van der Waals surface area contributed by atoms with Gasteiger partial charge in [-0.1, -0.05) is 12.2 Å². The van der Waals surface area contributed by atoms with Crippen molar-refractivity contribution in [2.24, 2.45) is 11.8 Å². The second kappa shape index (κ2) is 4.75. The summed E-state index contributed by atoms with van der Waals surface area (Å²) in [7, 11) is 0. The molecular formula is C14H18O4. The quantitative estimate of drug-likeness (QED) is 0.555. The fourth-order valence-electron chi connectivity index (χ4n) is 3.07. The van der Waals surface area contributed by atoms with E-state index in [1.54, 1.807) is 0 Å². The number of allylic oxidation sites excluding steroid dienone is 2. The smallest absolute Gasteiger partial charge is 0.309 e. The lowest BCUT2D eigenvalue weighted by Crippen LogP contribution is -2.35. The minimum Gasteiger partial charge on any atom is -0.458 e. The molecule has 4 heteroatoms. The maximum absolute atomic E-state index is 12.0. The van der Waals surface area contributed by atoms with Gasteiger partial charge in [-0.2, -0.15) is 0 Å². The topological polar surface area (TPSA) is 52.6 Å². The highest BCUT2D eigenvalue weighted by atomic mass is 16.6. The Morgan fingerprint density at radius 3 is 2.94 bits per heavy atom. The molecule has 3 aliphatic rings. The number of fused-ring (bicyclic) bond motifs is 2. The first kappa shape index (κ1) is 11.8. The summed E-state index contributed by atoms with van der Waals surface area (Å²) in [5, 5.41) is 0. The van der Waals surface area contributed by atoms with E-state index < -0.39 is 0 Å². The Kier molecular flexibility index (Phi) is 3.10. The third-order valence-electron chi connectivity index (χ3n) is 4.20. The predicted molar refractivity (Wildman–Crippen MR) is 63.6 cm³/mol. The Morgan fingerprint density at radius 1 is 1.28 bits per heavy atom. The first-order chi connectivity index (χ1) is 8.74. The first-order valence-corrected chi connectivity index (χ1v) is 6.80. The summed E-state index contributed by atoms with van der Waals surface area (Å²) in [5.41, 5.74) is 0. The van der Waals surface area contributed by atoms with Crippen LogP contribution >= 0.6 is 0 Å². The summed E-state index contributed by atoms with van der Waals surface area (Å²) in [4.78, 5) is 23.4. The maximum Gasteiger partial charge on any atom is 0.309 e. The molecule has 0 radical (unpaired) electrons. The minimum absolute atomic E-state index is 0.00942. The van der Waals surface area contributed by atoms with Crippen LogP contribution in [0, 0.1) is 11.8 Å². The molecule has 1 heterocycles. The van der Waals surface area contributed by atoms with Crippen LogP contribution in [0.1, 0.15) is 38.5 Å². The van der Waals surface area contributed by atoms with Gasteiger partial charge in [0.15, 0.2) is 0 Å². The van der Waals surface area contributed by atoms with Gasteiger partial charge in [-0.15, -0.1) is 0 Å². The highest BCUT2D eigenvalue weighted by Crippen LogP contribution is 2.36. The lowest BCUT2D eigenvalue weighted by Gasteiger charge is -2.27. The lowest BCUT2D eigenvalue weighted by molar-refractivity contribution is -0.165. The van der Waals surface area contributed by atoms with Gasteiger partial charge in [-0.25, -0.2) is 0 Å². The molecule has 0 aromatic carbocycles. The van der Waals surface area contributed by atoms with E-state index in [2.05, 4.69) is 6.08 Å². The molecule has 1 aliphatic heterocycles. The normalized spacial score (nSPS) is 38.3. The Balaban J connectivity index is 1.58. The molecular weight excluding hydrogens is 232 g/mol. The molecule has 4 atom stereocenters. The van der Waals surface area contributed by atoms with Crippen LogP contribution in [0.5, 0.6) is 0 Å². The Morgan fingerprint density at radius 2 is 2.17 bits per heavy atom. The van der Waals surface area contributed by atoms with Crippen LogP contribution in [0.2, 0.25) is 0 Å². The fraction of sp³-hybridized carbons (Fsp3) is 0.714. The van der Waals surface area contributed by atoms with Gasteiger partial charge in [0.05, 0.1) is 11.8 Å². The summed E-state index contributed by atoms with van der Waals surface area (Å²) < 4.78 is 10.8. The first-order valence-electron chi connectivity index (χ1n) is 6.80. The average Bonchev–Trinajstić information content (AvgIpc) is 2.70. The molecule has 0 aromatic rings. The molecule has 1 saturated heterocycles. The standard InChI is InChI=1S/C14H18O4/c15-13(9-4-2-1-3-5-9)17-11-7-6-10-8-12(11)18-14(10)16/h1-2,9-12H,3-8H2. The van der Waals surface area contributed by atoms with Crippen LogP contribution in [0.15, 0.2) is 12.2 Å². The molecule has 98 valence electrons. The number of rotatable bonds is 2. The van der Waals surface area contributed by atoms with E-state index in [-0.39, 0.29) is 36.0 Å². The van der Waals surface area contributed by atoms with Gasteiger partial charge in [0.2, 0.25) is 0 Å². The van der Waals surface area contributed by atoms with Gasteiger partial charge >= 0.3 is 11.9 Å². The highest BCUT2D eigenvalue weighted by molar-refractivity contribution is 5.76. The average molecular weight is 250 g/mol. The van der Waals surface area contributed by atoms with E-state index >= 15 is 0 Å². The van der Waals surface area contributed by atoms with Crippen molar-refractivity contribution in [2.75, 3.05) is 0 Å². The van der Waals surface area contributed by atoms with E-state index in [1.807, 2.05) is 6.08 Å². The van der Waals surface area contributed by atoms with Crippen molar-refractivity contribution in [3.63, 3.8) is 0 Å². The third kappa shape index (κ3) is 2.16. The zero-order chi connectivity index (χ0) is 12.5. The summed E-state index contributed by atoms with van der Waals surface area (Å²) in [5.74, 6) is -0.197. The molecule has 0 spiro atoms. The fourth-order valence-corrected chi connectivity index (χ4v) is 3.07. The van der Waals surface area contributed by atoms with Gasteiger partial charge in [0, 0.05) is 6.42 Å². The highest BCUT2D eigenvalue weighted by Gasteiger charge is 2.45. The van der Waals surface area contributed by atoms with Crippen molar-refractivity contribution in [1.29, 1.82) is 0 Å². The molecule has 2 aliphatic carbocycles. The van der Waals surface area contributed by atoms with E-state index in [9.17, 15) is 9.59 Å².